The summed E-state index contributed by atoms with van der Waals surface area (Å²) in [6.07, 6.45) is 3.85. The summed E-state index contributed by atoms with van der Waals surface area (Å²) in [7, 11) is 1.35. The van der Waals surface area contributed by atoms with Crippen LogP contribution in [0.25, 0.3) is 0 Å². The molecule has 86 valence electrons. The first-order chi connectivity index (χ1) is 7.67. The number of rotatable bonds is 4. The highest BCUT2D eigenvalue weighted by Crippen LogP contribution is 2.21. The minimum absolute atomic E-state index is 0.373. The fraction of sp³-hybridized carbons (Fsp3) is 0.250. The smallest absolute Gasteiger partial charge is 0.331 e. The molecule has 0 atom stereocenters. The van der Waals surface area contributed by atoms with Gasteiger partial charge in [-0.25, -0.2) is 4.79 Å². The highest BCUT2D eigenvalue weighted by molar-refractivity contribution is 9.10. The minimum atomic E-state index is -0.373. The zero-order chi connectivity index (χ0) is 12.0. The van der Waals surface area contributed by atoms with Gasteiger partial charge in [0.1, 0.15) is 0 Å². The fourth-order valence-electron chi connectivity index (χ4n) is 1.26. The summed E-state index contributed by atoms with van der Waals surface area (Å²) in [6.45, 7) is 2.08. The second-order valence-corrected chi connectivity index (χ2v) is 4.07. The van der Waals surface area contributed by atoms with Crippen LogP contribution in [-0.4, -0.2) is 13.1 Å². The molecule has 0 fully saturated rings. The van der Waals surface area contributed by atoms with Gasteiger partial charge in [0.2, 0.25) is 0 Å². The highest BCUT2D eigenvalue weighted by Gasteiger charge is 1.99. The van der Waals surface area contributed by atoms with Crippen LogP contribution >= 0.6 is 15.9 Å². The number of methoxy groups -OCH3 is 1. The second kappa shape index (κ2) is 6.33. The van der Waals surface area contributed by atoms with Crippen molar-refractivity contribution >= 4 is 27.6 Å². The Morgan fingerprint density at radius 2 is 2.31 bits per heavy atom. The van der Waals surface area contributed by atoms with E-state index < -0.39 is 0 Å². The molecule has 0 radical (unpaired) electrons. The maximum absolute atomic E-state index is 10.9. The molecule has 0 amide bonds. The molecule has 0 aliphatic rings. The van der Waals surface area contributed by atoms with Crippen molar-refractivity contribution in [2.75, 3.05) is 12.4 Å². The Morgan fingerprint density at radius 1 is 1.56 bits per heavy atom. The third-order valence-corrected chi connectivity index (χ3v) is 2.60. The summed E-state index contributed by atoms with van der Waals surface area (Å²) < 4.78 is 5.54. The standard InChI is InChI=1S/C12H14BrNO2/c1-3-9-8-10(13)4-5-11(9)14-7-6-12(15)16-2/h4-8,14H,3H2,1-2H3/b7-6+. The van der Waals surface area contributed by atoms with Gasteiger partial charge in [0, 0.05) is 22.4 Å². The third kappa shape index (κ3) is 3.70. The van der Waals surface area contributed by atoms with E-state index in [1.54, 1.807) is 6.20 Å². The van der Waals surface area contributed by atoms with Crippen LogP contribution in [0.1, 0.15) is 12.5 Å². The molecule has 3 nitrogen and oxygen atoms in total. The van der Waals surface area contributed by atoms with Crippen molar-refractivity contribution < 1.29 is 9.53 Å². The molecule has 0 unspecified atom stereocenters. The number of hydrogen-bond donors (Lipinski definition) is 1. The maximum atomic E-state index is 10.9. The van der Waals surface area contributed by atoms with Crippen LogP contribution < -0.4 is 5.32 Å². The van der Waals surface area contributed by atoms with Crippen LogP contribution in [0.2, 0.25) is 0 Å². The Labute approximate surface area is 104 Å². The van der Waals surface area contributed by atoms with Crippen LogP contribution in [-0.2, 0) is 16.0 Å². The number of aryl methyl sites for hydroxylation is 1. The summed E-state index contributed by atoms with van der Waals surface area (Å²) in [5.41, 5.74) is 2.18. The fourth-order valence-corrected chi connectivity index (χ4v) is 1.67. The lowest BCUT2D eigenvalue weighted by Gasteiger charge is -2.07. The van der Waals surface area contributed by atoms with Gasteiger partial charge in [0.15, 0.2) is 0 Å². The van der Waals surface area contributed by atoms with Crippen molar-refractivity contribution in [1.82, 2.24) is 0 Å². The Bertz CT molecular complexity index is 402. The lowest BCUT2D eigenvalue weighted by Crippen LogP contribution is -1.98. The molecular formula is C12H14BrNO2. The van der Waals surface area contributed by atoms with E-state index in [-0.39, 0.29) is 5.97 Å². The van der Waals surface area contributed by atoms with Crippen molar-refractivity contribution in [3.63, 3.8) is 0 Å². The van der Waals surface area contributed by atoms with E-state index in [1.807, 2.05) is 18.2 Å². The monoisotopic (exact) mass is 283 g/mol. The Morgan fingerprint density at radius 3 is 2.94 bits per heavy atom. The summed E-state index contributed by atoms with van der Waals surface area (Å²) in [4.78, 5) is 10.9. The molecule has 0 bridgehead atoms. The van der Waals surface area contributed by atoms with Gasteiger partial charge < -0.3 is 10.1 Å². The average Bonchev–Trinajstić information content (AvgIpc) is 2.30. The number of carbonyl (C=O) groups excluding carboxylic acids is 1. The zero-order valence-electron chi connectivity index (χ0n) is 9.29. The summed E-state index contributed by atoms with van der Waals surface area (Å²) in [5, 5.41) is 3.05. The molecule has 4 heteroatoms. The molecule has 0 heterocycles. The normalized spacial score (nSPS) is 10.4. The van der Waals surface area contributed by atoms with Gasteiger partial charge in [-0.1, -0.05) is 22.9 Å². The SMILES string of the molecule is CCc1cc(Br)ccc1N/C=C/C(=O)OC. The summed E-state index contributed by atoms with van der Waals surface area (Å²) in [5.74, 6) is -0.373. The average molecular weight is 284 g/mol. The highest BCUT2D eigenvalue weighted by atomic mass is 79.9. The van der Waals surface area contributed by atoms with Gasteiger partial charge in [-0.3, -0.25) is 0 Å². The predicted octanol–water partition coefficient (Wildman–Crippen LogP) is 3.11. The van der Waals surface area contributed by atoms with Gasteiger partial charge >= 0.3 is 5.97 Å². The van der Waals surface area contributed by atoms with E-state index >= 15 is 0 Å². The molecule has 0 spiro atoms. The van der Waals surface area contributed by atoms with Crippen molar-refractivity contribution in [3.05, 3.63) is 40.5 Å². The van der Waals surface area contributed by atoms with E-state index in [0.717, 1.165) is 16.6 Å². The molecule has 0 saturated carbocycles. The molecule has 1 aromatic carbocycles. The Hall–Kier alpha value is -1.29. The number of carbonyl (C=O) groups is 1. The first-order valence-electron chi connectivity index (χ1n) is 4.96. The van der Waals surface area contributed by atoms with Gasteiger partial charge in [0.25, 0.3) is 0 Å². The molecule has 1 rings (SSSR count). The van der Waals surface area contributed by atoms with Crippen molar-refractivity contribution in [2.45, 2.75) is 13.3 Å². The van der Waals surface area contributed by atoms with E-state index in [4.69, 9.17) is 0 Å². The van der Waals surface area contributed by atoms with E-state index in [0.29, 0.717) is 0 Å². The van der Waals surface area contributed by atoms with Gasteiger partial charge in [-0.05, 0) is 30.2 Å². The number of anilines is 1. The third-order valence-electron chi connectivity index (χ3n) is 2.11. The molecule has 1 N–H and O–H groups in total. The van der Waals surface area contributed by atoms with Crippen molar-refractivity contribution in [1.29, 1.82) is 0 Å². The molecule has 0 saturated heterocycles. The van der Waals surface area contributed by atoms with Crippen LogP contribution in [0, 0.1) is 0 Å². The van der Waals surface area contributed by atoms with Crippen LogP contribution in [0.15, 0.2) is 34.9 Å². The number of ether oxygens (including phenoxy) is 1. The minimum Gasteiger partial charge on any atom is -0.466 e. The quantitative estimate of drug-likeness (QED) is 0.682. The van der Waals surface area contributed by atoms with Gasteiger partial charge in [-0.15, -0.1) is 0 Å². The number of esters is 1. The molecule has 0 aliphatic carbocycles. The van der Waals surface area contributed by atoms with Gasteiger partial charge in [-0.2, -0.15) is 0 Å². The Balaban J connectivity index is 2.73. The first-order valence-corrected chi connectivity index (χ1v) is 5.76. The van der Waals surface area contributed by atoms with Crippen LogP contribution in [0.3, 0.4) is 0 Å². The largest absolute Gasteiger partial charge is 0.466 e. The number of nitrogens with one attached hydrogen (secondary N) is 1. The second-order valence-electron chi connectivity index (χ2n) is 3.16. The van der Waals surface area contributed by atoms with Gasteiger partial charge in [0.05, 0.1) is 7.11 Å². The summed E-state index contributed by atoms with van der Waals surface area (Å²) in [6, 6.07) is 5.96. The summed E-state index contributed by atoms with van der Waals surface area (Å²) >= 11 is 3.42. The predicted molar refractivity (Wildman–Crippen MR) is 68.3 cm³/mol. The van der Waals surface area contributed by atoms with Crippen molar-refractivity contribution in [2.24, 2.45) is 0 Å². The number of hydrogen-bond acceptors (Lipinski definition) is 3. The Kier molecular flexibility index (Phi) is 5.05. The molecular weight excluding hydrogens is 270 g/mol. The number of halogens is 1. The topological polar surface area (TPSA) is 38.3 Å². The lowest BCUT2D eigenvalue weighted by molar-refractivity contribution is -0.134. The molecule has 16 heavy (non-hydrogen) atoms. The number of benzene rings is 1. The first kappa shape index (κ1) is 12.8. The van der Waals surface area contributed by atoms with E-state index in [9.17, 15) is 4.79 Å². The van der Waals surface area contributed by atoms with Crippen LogP contribution in [0.5, 0.6) is 0 Å². The molecule has 0 aliphatic heterocycles. The zero-order valence-corrected chi connectivity index (χ0v) is 10.9. The van der Waals surface area contributed by atoms with E-state index in [1.165, 1.54) is 18.7 Å². The maximum Gasteiger partial charge on any atom is 0.331 e. The van der Waals surface area contributed by atoms with Crippen LogP contribution in [0.4, 0.5) is 5.69 Å². The van der Waals surface area contributed by atoms with E-state index in [2.05, 4.69) is 32.9 Å². The molecule has 1 aromatic rings. The van der Waals surface area contributed by atoms with Crippen molar-refractivity contribution in [3.8, 4) is 0 Å². The lowest BCUT2D eigenvalue weighted by atomic mass is 10.1. The molecule has 0 aromatic heterocycles.